The first-order chi connectivity index (χ1) is 15.9. The van der Waals surface area contributed by atoms with Gasteiger partial charge in [-0.25, -0.2) is 4.79 Å². The van der Waals surface area contributed by atoms with E-state index in [1.54, 1.807) is 30.3 Å². The highest BCUT2D eigenvalue weighted by molar-refractivity contribution is 5.95. The van der Waals surface area contributed by atoms with Gasteiger partial charge in [-0.1, -0.05) is 30.3 Å². The number of carbonyl (C=O) groups is 6. The summed E-state index contributed by atoms with van der Waals surface area (Å²) in [6.45, 7) is 1.34. The van der Waals surface area contributed by atoms with Crippen molar-refractivity contribution in [1.82, 2.24) is 16.0 Å². The summed E-state index contributed by atoms with van der Waals surface area (Å²) in [6, 6.07) is 3.11. The zero-order valence-corrected chi connectivity index (χ0v) is 18.5. The van der Waals surface area contributed by atoms with E-state index >= 15 is 0 Å². The molecule has 0 bridgehead atoms. The smallest absolute Gasteiger partial charge is 0.326 e. The van der Waals surface area contributed by atoms with Crippen molar-refractivity contribution >= 4 is 35.6 Å². The molecule has 9 N–H and O–H groups in total. The molecule has 0 aliphatic carbocycles. The Morgan fingerprint density at radius 1 is 0.853 bits per heavy atom. The molecule has 4 amide bonds. The number of primary amides is 1. The Labute approximate surface area is 195 Å². The maximum Gasteiger partial charge on any atom is 0.326 e. The van der Waals surface area contributed by atoms with E-state index in [4.69, 9.17) is 16.6 Å². The molecule has 13 heteroatoms. The van der Waals surface area contributed by atoms with E-state index in [-0.39, 0.29) is 19.3 Å². The van der Waals surface area contributed by atoms with Crippen molar-refractivity contribution in [3.63, 3.8) is 0 Å². The summed E-state index contributed by atoms with van der Waals surface area (Å²) < 4.78 is 0. The summed E-state index contributed by atoms with van der Waals surface area (Å²) in [5, 5.41) is 25.3. The van der Waals surface area contributed by atoms with E-state index in [1.165, 1.54) is 6.92 Å². The lowest BCUT2D eigenvalue weighted by Gasteiger charge is -2.24. The molecule has 4 unspecified atom stereocenters. The van der Waals surface area contributed by atoms with Crippen molar-refractivity contribution in [2.75, 3.05) is 0 Å². The summed E-state index contributed by atoms with van der Waals surface area (Å²) >= 11 is 0. The van der Waals surface area contributed by atoms with Crippen LogP contribution in [-0.2, 0) is 35.2 Å². The summed E-state index contributed by atoms with van der Waals surface area (Å²) in [7, 11) is 0. The predicted molar refractivity (Wildman–Crippen MR) is 118 cm³/mol. The first-order valence-electron chi connectivity index (χ1n) is 10.3. The Morgan fingerprint density at radius 2 is 1.38 bits per heavy atom. The van der Waals surface area contributed by atoms with E-state index in [0.717, 1.165) is 0 Å². The maximum atomic E-state index is 12.9. The minimum atomic E-state index is -1.53. The Bertz CT molecular complexity index is 906. The van der Waals surface area contributed by atoms with E-state index in [9.17, 15) is 33.9 Å². The molecule has 0 saturated heterocycles. The molecule has 1 aromatic rings. The quantitative estimate of drug-likeness (QED) is 0.154. The van der Waals surface area contributed by atoms with Gasteiger partial charge in [0.15, 0.2) is 0 Å². The number of benzene rings is 1. The van der Waals surface area contributed by atoms with Crippen LogP contribution in [-0.4, -0.2) is 69.9 Å². The van der Waals surface area contributed by atoms with Gasteiger partial charge in [-0.05, 0) is 18.9 Å². The molecular formula is C21H29N5O8. The van der Waals surface area contributed by atoms with Crippen LogP contribution in [0.1, 0.15) is 31.7 Å². The minimum Gasteiger partial charge on any atom is -0.481 e. The standard InChI is InChI=1S/C21H29N5O8/c1-11(22)18(30)25-15(10-17(28)29)20(32)26-14(9-12-5-3-2-4-6-12)19(31)24-13(21(33)34)7-8-16(23)27/h2-6,11,13-15H,7-10,22H2,1H3,(H2,23,27)(H,24,31)(H,25,30)(H,26,32)(H,28,29)(H,33,34). The zero-order valence-electron chi connectivity index (χ0n) is 18.5. The number of carboxylic acid groups (broad SMARTS) is 2. The van der Waals surface area contributed by atoms with Crippen LogP contribution in [0.15, 0.2) is 30.3 Å². The van der Waals surface area contributed by atoms with Crippen LogP contribution < -0.4 is 27.4 Å². The number of carboxylic acids is 2. The van der Waals surface area contributed by atoms with Crippen LogP contribution >= 0.6 is 0 Å². The molecule has 4 atom stereocenters. The van der Waals surface area contributed by atoms with Crippen molar-refractivity contribution in [3.8, 4) is 0 Å². The number of hydrogen-bond donors (Lipinski definition) is 7. The van der Waals surface area contributed by atoms with E-state index in [0.29, 0.717) is 5.56 Å². The molecule has 13 nitrogen and oxygen atoms in total. The van der Waals surface area contributed by atoms with Gasteiger partial charge in [-0.15, -0.1) is 0 Å². The van der Waals surface area contributed by atoms with Gasteiger partial charge in [0.2, 0.25) is 23.6 Å². The molecule has 34 heavy (non-hydrogen) atoms. The summed E-state index contributed by atoms with van der Waals surface area (Å²) in [5.74, 6) is -6.18. The third-order valence-electron chi connectivity index (χ3n) is 4.63. The molecule has 0 radical (unpaired) electrons. The second-order valence-corrected chi connectivity index (χ2v) is 7.60. The van der Waals surface area contributed by atoms with Gasteiger partial charge in [-0.2, -0.15) is 0 Å². The third kappa shape index (κ3) is 10.1. The maximum absolute atomic E-state index is 12.9. The van der Waals surface area contributed by atoms with Crippen LogP contribution in [0.25, 0.3) is 0 Å². The van der Waals surface area contributed by atoms with E-state index in [1.807, 2.05) is 0 Å². The number of amides is 4. The molecule has 1 rings (SSSR count). The average Bonchev–Trinajstić information content (AvgIpc) is 2.75. The fourth-order valence-electron chi connectivity index (χ4n) is 2.83. The van der Waals surface area contributed by atoms with Gasteiger partial charge in [0.1, 0.15) is 18.1 Å². The van der Waals surface area contributed by atoms with Gasteiger partial charge >= 0.3 is 11.9 Å². The molecule has 0 saturated carbocycles. The first kappa shape index (κ1) is 28.0. The normalized spacial score (nSPS) is 14.1. The fraction of sp³-hybridized carbons (Fsp3) is 0.429. The third-order valence-corrected chi connectivity index (χ3v) is 4.63. The molecule has 0 fully saturated rings. The van der Waals surface area contributed by atoms with Gasteiger partial charge in [-0.3, -0.25) is 24.0 Å². The lowest BCUT2D eigenvalue weighted by Crippen LogP contribution is -2.57. The van der Waals surface area contributed by atoms with Gasteiger partial charge in [0.05, 0.1) is 12.5 Å². The first-order valence-corrected chi connectivity index (χ1v) is 10.3. The predicted octanol–water partition coefficient (Wildman–Crippen LogP) is -2.14. The summed E-state index contributed by atoms with van der Waals surface area (Å²) in [4.78, 5) is 71.2. The molecule has 186 valence electrons. The van der Waals surface area contributed by atoms with Crippen molar-refractivity contribution in [2.24, 2.45) is 11.5 Å². The summed E-state index contributed by atoms with van der Waals surface area (Å²) in [6.07, 6.45) is -1.41. The monoisotopic (exact) mass is 479 g/mol. The number of rotatable bonds is 14. The molecule has 0 aromatic heterocycles. The lowest BCUT2D eigenvalue weighted by atomic mass is 10.0. The van der Waals surface area contributed by atoms with Gasteiger partial charge in [0, 0.05) is 12.8 Å². The van der Waals surface area contributed by atoms with Crippen LogP contribution in [0.2, 0.25) is 0 Å². The Morgan fingerprint density at radius 3 is 1.88 bits per heavy atom. The highest BCUT2D eigenvalue weighted by atomic mass is 16.4. The number of hydrogen-bond acceptors (Lipinski definition) is 7. The number of aliphatic carboxylic acids is 2. The average molecular weight is 479 g/mol. The highest BCUT2D eigenvalue weighted by Crippen LogP contribution is 2.07. The SMILES string of the molecule is CC(N)C(=O)NC(CC(=O)O)C(=O)NC(Cc1ccccc1)C(=O)NC(CCC(N)=O)C(=O)O. The van der Waals surface area contributed by atoms with Crippen LogP contribution in [0.4, 0.5) is 0 Å². The Kier molecular flexibility index (Phi) is 11.2. The van der Waals surface area contributed by atoms with Crippen molar-refractivity contribution in [3.05, 3.63) is 35.9 Å². The van der Waals surface area contributed by atoms with E-state index < -0.39 is 66.2 Å². The minimum absolute atomic E-state index is 0.0679. The van der Waals surface area contributed by atoms with Crippen molar-refractivity contribution in [2.45, 2.75) is 56.8 Å². The topological polar surface area (TPSA) is 231 Å². The Hall–Kier alpha value is -4.00. The molecule has 1 aromatic carbocycles. The number of nitrogens with two attached hydrogens (primary N) is 2. The summed E-state index contributed by atoms with van der Waals surface area (Å²) in [5.41, 5.74) is 11.1. The fourth-order valence-corrected chi connectivity index (χ4v) is 2.83. The highest BCUT2D eigenvalue weighted by Gasteiger charge is 2.31. The van der Waals surface area contributed by atoms with Crippen LogP contribution in [0.3, 0.4) is 0 Å². The molecule has 0 aliphatic rings. The zero-order chi connectivity index (χ0) is 25.8. The van der Waals surface area contributed by atoms with E-state index in [2.05, 4.69) is 16.0 Å². The van der Waals surface area contributed by atoms with Gasteiger partial charge < -0.3 is 37.6 Å². The molecule has 0 spiro atoms. The second kappa shape index (κ2) is 13.5. The lowest BCUT2D eigenvalue weighted by molar-refractivity contribution is -0.143. The molecular weight excluding hydrogens is 450 g/mol. The van der Waals surface area contributed by atoms with Crippen molar-refractivity contribution in [1.29, 1.82) is 0 Å². The number of carbonyl (C=O) groups excluding carboxylic acids is 4. The Balaban J connectivity index is 3.11. The van der Waals surface area contributed by atoms with Crippen LogP contribution in [0, 0.1) is 0 Å². The van der Waals surface area contributed by atoms with Gasteiger partial charge in [0.25, 0.3) is 0 Å². The van der Waals surface area contributed by atoms with Crippen LogP contribution in [0.5, 0.6) is 0 Å². The number of nitrogens with one attached hydrogen (secondary N) is 3. The largest absolute Gasteiger partial charge is 0.481 e. The van der Waals surface area contributed by atoms with Crippen molar-refractivity contribution < 1.29 is 39.0 Å². The second-order valence-electron chi connectivity index (χ2n) is 7.60. The molecule has 0 aliphatic heterocycles. The molecule has 0 heterocycles.